The van der Waals surface area contributed by atoms with Crippen LogP contribution in [-0.4, -0.2) is 29.2 Å². The summed E-state index contributed by atoms with van der Waals surface area (Å²) in [7, 11) is 0. The van der Waals surface area contributed by atoms with Crippen molar-refractivity contribution < 1.29 is 14.9 Å². The van der Waals surface area contributed by atoms with Crippen molar-refractivity contribution in [1.82, 2.24) is 0 Å². The molecule has 2 N–H and O–H groups in total. The Morgan fingerprint density at radius 3 is 2.75 bits per heavy atom. The highest BCUT2D eigenvalue weighted by molar-refractivity contribution is 5.12. The first-order valence-corrected chi connectivity index (χ1v) is 4.27. The van der Waals surface area contributed by atoms with Crippen molar-refractivity contribution in [1.29, 1.82) is 0 Å². The molecule has 0 bridgehead atoms. The Bertz CT molecular complexity index is 165. The van der Waals surface area contributed by atoms with E-state index in [9.17, 15) is 5.11 Å². The first-order valence-electron chi connectivity index (χ1n) is 4.27. The summed E-state index contributed by atoms with van der Waals surface area (Å²) < 4.78 is 5.03. The molecule has 3 nitrogen and oxygen atoms in total. The second-order valence-corrected chi connectivity index (χ2v) is 3.30. The highest BCUT2D eigenvalue weighted by atomic mass is 16.6. The fourth-order valence-corrected chi connectivity index (χ4v) is 1.45. The molecule has 70 valence electrons. The molecule has 0 aromatic heterocycles. The summed E-state index contributed by atoms with van der Waals surface area (Å²) in [6, 6.07) is 0. The first kappa shape index (κ1) is 9.71. The first-order chi connectivity index (χ1) is 5.61. The number of hydrogen-bond acceptors (Lipinski definition) is 3. The van der Waals surface area contributed by atoms with Gasteiger partial charge in [0.15, 0.2) is 6.29 Å². The molecule has 3 unspecified atom stereocenters. The maximum absolute atomic E-state index is 9.32. The summed E-state index contributed by atoms with van der Waals surface area (Å²) >= 11 is 0. The fourth-order valence-electron chi connectivity index (χ4n) is 1.45. The van der Waals surface area contributed by atoms with Gasteiger partial charge in [-0.1, -0.05) is 6.58 Å². The Morgan fingerprint density at radius 1 is 1.67 bits per heavy atom. The van der Waals surface area contributed by atoms with Gasteiger partial charge in [-0.2, -0.15) is 0 Å². The minimum atomic E-state index is -0.726. The van der Waals surface area contributed by atoms with E-state index in [1.165, 1.54) is 0 Å². The molecule has 0 heterocycles. The molecule has 1 saturated carbocycles. The number of rotatable bonds is 3. The molecule has 0 aromatic carbocycles. The summed E-state index contributed by atoms with van der Waals surface area (Å²) in [6.45, 7) is 5.83. The zero-order valence-corrected chi connectivity index (χ0v) is 7.36. The molecule has 0 spiro atoms. The molecule has 3 atom stereocenters. The molecule has 0 aliphatic heterocycles. The van der Waals surface area contributed by atoms with Crippen LogP contribution in [0.5, 0.6) is 0 Å². The van der Waals surface area contributed by atoms with Crippen molar-refractivity contribution in [3.05, 3.63) is 12.2 Å². The average molecular weight is 172 g/mol. The number of aliphatic hydroxyl groups excluding tert-OH is 2. The molecule has 12 heavy (non-hydrogen) atoms. The van der Waals surface area contributed by atoms with Gasteiger partial charge in [-0.3, -0.25) is 0 Å². The number of aliphatic hydroxyl groups is 2. The monoisotopic (exact) mass is 172 g/mol. The number of hydrogen-bond donors (Lipinski definition) is 2. The van der Waals surface area contributed by atoms with E-state index in [1.54, 1.807) is 6.92 Å². The van der Waals surface area contributed by atoms with Crippen molar-refractivity contribution in [2.24, 2.45) is 5.92 Å². The molecule has 1 aliphatic carbocycles. The maximum Gasteiger partial charge on any atom is 0.151 e. The van der Waals surface area contributed by atoms with E-state index in [-0.39, 0.29) is 12.0 Å². The Balaban J connectivity index is 2.30. The van der Waals surface area contributed by atoms with Crippen LogP contribution in [0.2, 0.25) is 0 Å². The van der Waals surface area contributed by atoms with Gasteiger partial charge in [0.2, 0.25) is 0 Å². The zero-order chi connectivity index (χ0) is 9.14. The van der Waals surface area contributed by atoms with E-state index in [0.717, 1.165) is 18.4 Å². The van der Waals surface area contributed by atoms with Crippen molar-refractivity contribution in [2.75, 3.05) is 6.61 Å². The van der Waals surface area contributed by atoms with Crippen LogP contribution in [0.3, 0.4) is 0 Å². The molecule has 0 saturated heterocycles. The normalized spacial score (nSPS) is 32.4. The Kier molecular flexibility index (Phi) is 3.26. The van der Waals surface area contributed by atoms with E-state index < -0.39 is 6.29 Å². The van der Waals surface area contributed by atoms with Crippen LogP contribution in [0.1, 0.15) is 19.8 Å². The standard InChI is InChI=1S/C9H16O3/c1-6-8(3-4-9(6)11)5-12-7(2)10/h7-11H,1,3-5H2,2H3. The Hall–Kier alpha value is -0.380. The molecule has 3 heteroatoms. The molecule has 1 rings (SSSR count). The van der Waals surface area contributed by atoms with Crippen LogP contribution in [0, 0.1) is 5.92 Å². The van der Waals surface area contributed by atoms with E-state index in [0.29, 0.717) is 6.61 Å². The van der Waals surface area contributed by atoms with Crippen LogP contribution in [0.15, 0.2) is 12.2 Å². The van der Waals surface area contributed by atoms with Crippen molar-refractivity contribution in [3.63, 3.8) is 0 Å². The third kappa shape index (κ3) is 2.30. The minimum absolute atomic E-state index is 0.217. The maximum atomic E-state index is 9.32. The van der Waals surface area contributed by atoms with E-state index >= 15 is 0 Å². The molecule has 0 amide bonds. The minimum Gasteiger partial charge on any atom is -0.389 e. The van der Waals surface area contributed by atoms with Gasteiger partial charge in [-0.05, 0) is 25.3 Å². The smallest absolute Gasteiger partial charge is 0.151 e. The largest absolute Gasteiger partial charge is 0.389 e. The van der Waals surface area contributed by atoms with Gasteiger partial charge in [0, 0.05) is 5.92 Å². The molecule has 0 radical (unpaired) electrons. The number of ether oxygens (including phenoxy) is 1. The lowest BCUT2D eigenvalue weighted by molar-refractivity contribution is -0.0927. The van der Waals surface area contributed by atoms with E-state index in [2.05, 4.69) is 6.58 Å². The second kappa shape index (κ2) is 4.03. The highest BCUT2D eigenvalue weighted by Gasteiger charge is 2.27. The topological polar surface area (TPSA) is 49.7 Å². The molecule has 0 aromatic rings. The second-order valence-electron chi connectivity index (χ2n) is 3.30. The molecular formula is C9H16O3. The van der Waals surface area contributed by atoms with Gasteiger partial charge < -0.3 is 14.9 Å². The lowest BCUT2D eigenvalue weighted by Crippen LogP contribution is -2.15. The summed E-state index contributed by atoms with van der Waals surface area (Å²) in [6.07, 6.45) is 0.586. The molecule has 1 fully saturated rings. The summed E-state index contributed by atoms with van der Waals surface area (Å²) in [5.41, 5.74) is 0.843. The van der Waals surface area contributed by atoms with Crippen molar-refractivity contribution >= 4 is 0 Å². The van der Waals surface area contributed by atoms with Crippen LogP contribution >= 0.6 is 0 Å². The van der Waals surface area contributed by atoms with Gasteiger partial charge >= 0.3 is 0 Å². The van der Waals surface area contributed by atoms with Gasteiger partial charge in [0.1, 0.15) is 0 Å². The van der Waals surface area contributed by atoms with Crippen LogP contribution in [-0.2, 0) is 4.74 Å². The summed E-state index contributed by atoms with van der Waals surface area (Å²) in [5.74, 6) is 0.217. The summed E-state index contributed by atoms with van der Waals surface area (Å²) in [5, 5.41) is 18.2. The van der Waals surface area contributed by atoms with Crippen molar-refractivity contribution in [2.45, 2.75) is 32.2 Å². The van der Waals surface area contributed by atoms with Gasteiger partial charge in [-0.25, -0.2) is 0 Å². The predicted octanol–water partition coefficient (Wildman–Crippen LogP) is 0.668. The summed E-state index contributed by atoms with van der Waals surface area (Å²) in [4.78, 5) is 0. The van der Waals surface area contributed by atoms with E-state index in [4.69, 9.17) is 9.84 Å². The Labute approximate surface area is 72.7 Å². The van der Waals surface area contributed by atoms with Crippen LogP contribution in [0.4, 0.5) is 0 Å². The zero-order valence-electron chi connectivity index (χ0n) is 7.36. The third-order valence-electron chi connectivity index (χ3n) is 2.28. The van der Waals surface area contributed by atoms with Gasteiger partial charge in [0.25, 0.3) is 0 Å². The average Bonchev–Trinajstić information content (AvgIpc) is 2.30. The third-order valence-corrected chi connectivity index (χ3v) is 2.28. The lowest BCUT2D eigenvalue weighted by Gasteiger charge is -2.13. The van der Waals surface area contributed by atoms with Crippen LogP contribution < -0.4 is 0 Å². The van der Waals surface area contributed by atoms with Gasteiger partial charge in [0.05, 0.1) is 12.7 Å². The van der Waals surface area contributed by atoms with Crippen molar-refractivity contribution in [3.8, 4) is 0 Å². The molecular weight excluding hydrogens is 156 g/mol. The molecule has 1 aliphatic rings. The SMILES string of the molecule is C=C1C(O)CCC1COC(C)O. The van der Waals surface area contributed by atoms with E-state index in [1.807, 2.05) is 0 Å². The quantitative estimate of drug-likeness (QED) is 0.486. The fraction of sp³-hybridized carbons (Fsp3) is 0.778. The highest BCUT2D eigenvalue weighted by Crippen LogP contribution is 2.30. The van der Waals surface area contributed by atoms with Gasteiger partial charge in [-0.15, -0.1) is 0 Å². The Morgan fingerprint density at radius 2 is 2.33 bits per heavy atom. The predicted molar refractivity (Wildman–Crippen MR) is 45.5 cm³/mol. The lowest BCUT2D eigenvalue weighted by atomic mass is 10.1. The van der Waals surface area contributed by atoms with Crippen LogP contribution in [0.25, 0.3) is 0 Å².